The molecule has 1 atom stereocenters. The number of aryl methyl sites for hydroxylation is 1. The number of carbonyl (C=O) groups is 1. The normalized spacial score (nSPS) is 18.2. The number of fused-ring (bicyclic) bond motifs is 1. The maximum Gasteiger partial charge on any atom is 0.337 e. The van der Waals surface area contributed by atoms with Crippen molar-refractivity contribution in [3.05, 3.63) is 34.9 Å². The number of nitrogens with two attached hydrogens (primary N) is 1. The van der Waals surface area contributed by atoms with Gasteiger partial charge in [-0.2, -0.15) is 0 Å². The standard InChI is InChI=1S/C12H15NO2.ClH/c1-15-12(14)9-5-6-10-8(7-9)3-2-4-11(10)13;/h5-7,11H,2-4,13H2,1H3;1H/t11-;/m0./s1. The number of halogens is 1. The topological polar surface area (TPSA) is 52.3 Å². The lowest BCUT2D eigenvalue weighted by Gasteiger charge is -2.22. The molecule has 0 aliphatic heterocycles. The fourth-order valence-electron chi connectivity index (χ4n) is 2.10. The smallest absolute Gasteiger partial charge is 0.337 e. The van der Waals surface area contributed by atoms with Gasteiger partial charge in [-0.3, -0.25) is 0 Å². The maximum absolute atomic E-state index is 11.3. The van der Waals surface area contributed by atoms with Crippen molar-refractivity contribution in [1.29, 1.82) is 0 Å². The average Bonchev–Trinajstić information content (AvgIpc) is 2.28. The maximum atomic E-state index is 11.3. The van der Waals surface area contributed by atoms with Gasteiger partial charge in [-0.25, -0.2) is 4.79 Å². The molecule has 0 radical (unpaired) electrons. The summed E-state index contributed by atoms with van der Waals surface area (Å²) in [5, 5.41) is 0. The molecule has 1 aromatic rings. The quantitative estimate of drug-likeness (QED) is 0.768. The second kappa shape index (κ2) is 5.32. The zero-order valence-electron chi connectivity index (χ0n) is 9.23. The summed E-state index contributed by atoms with van der Waals surface area (Å²) in [6.07, 6.45) is 3.14. The van der Waals surface area contributed by atoms with Crippen LogP contribution in [0.3, 0.4) is 0 Å². The van der Waals surface area contributed by atoms with E-state index in [2.05, 4.69) is 4.74 Å². The van der Waals surface area contributed by atoms with Gasteiger partial charge in [-0.1, -0.05) is 6.07 Å². The summed E-state index contributed by atoms with van der Waals surface area (Å²) in [5.74, 6) is -0.281. The van der Waals surface area contributed by atoms with Crippen LogP contribution in [0.2, 0.25) is 0 Å². The first kappa shape index (κ1) is 13.0. The van der Waals surface area contributed by atoms with Gasteiger partial charge < -0.3 is 10.5 Å². The van der Waals surface area contributed by atoms with Gasteiger partial charge in [-0.15, -0.1) is 12.4 Å². The van der Waals surface area contributed by atoms with Crippen molar-refractivity contribution in [2.24, 2.45) is 5.73 Å². The fraction of sp³-hybridized carbons (Fsp3) is 0.417. The molecule has 0 fully saturated rings. The highest BCUT2D eigenvalue weighted by atomic mass is 35.5. The number of ether oxygens (including phenoxy) is 1. The van der Waals surface area contributed by atoms with E-state index in [1.807, 2.05) is 12.1 Å². The second-order valence-electron chi connectivity index (χ2n) is 3.90. The first-order chi connectivity index (χ1) is 7.22. The molecule has 4 heteroatoms. The Morgan fingerprint density at radius 3 is 2.94 bits per heavy atom. The number of methoxy groups -OCH3 is 1. The van der Waals surface area contributed by atoms with E-state index < -0.39 is 0 Å². The van der Waals surface area contributed by atoms with Crippen LogP contribution in [0.1, 0.15) is 40.4 Å². The second-order valence-corrected chi connectivity index (χ2v) is 3.90. The van der Waals surface area contributed by atoms with Crippen molar-refractivity contribution in [3.63, 3.8) is 0 Å². The molecule has 88 valence electrons. The lowest BCUT2D eigenvalue weighted by atomic mass is 9.87. The third-order valence-corrected chi connectivity index (χ3v) is 2.92. The van der Waals surface area contributed by atoms with Gasteiger partial charge in [-0.05, 0) is 42.5 Å². The Morgan fingerprint density at radius 1 is 1.50 bits per heavy atom. The number of rotatable bonds is 1. The molecular formula is C12H16ClNO2. The molecule has 3 nitrogen and oxygen atoms in total. The van der Waals surface area contributed by atoms with E-state index in [4.69, 9.17) is 5.73 Å². The third-order valence-electron chi connectivity index (χ3n) is 2.92. The Morgan fingerprint density at radius 2 is 2.25 bits per heavy atom. The zero-order chi connectivity index (χ0) is 10.8. The molecule has 2 N–H and O–H groups in total. The Hall–Kier alpha value is -1.06. The van der Waals surface area contributed by atoms with Crippen LogP contribution in [0.4, 0.5) is 0 Å². The summed E-state index contributed by atoms with van der Waals surface area (Å²) in [4.78, 5) is 11.3. The lowest BCUT2D eigenvalue weighted by Crippen LogP contribution is -2.18. The molecule has 0 aromatic heterocycles. The van der Waals surface area contributed by atoms with Crippen LogP contribution in [-0.2, 0) is 11.2 Å². The van der Waals surface area contributed by atoms with E-state index in [0.29, 0.717) is 5.56 Å². The molecule has 1 aromatic carbocycles. The van der Waals surface area contributed by atoms with E-state index in [1.54, 1.807) is 6.07 Å². The number of benzene rings is 1. The number of carbonyl (C=O) groups excluding carboxylic acids is 1. The molecule has 2 rings (SSSR count). The number of hydrogen-bond donors (Lipinski definition) is 1. The van der Waals surface area contributed by atoms with Gasteiger partial charge >= 0.3 is 5.97 Å². The predicted molar refractivity (Wildman–Crippen MR) is 64.9 cm³/mol. The predicted octanol–water partition coefficient (Wildman–Crippen LogP) is 2.23. The van der Waals surface area contributed by atoms with Gasteiger partial charge in [0.1, 0.15) is 0 Å². The minimum absolute atomic E-state index is 0. The summed E-state index contributed by atoms with van der Waals surface area (Å²) >= 11 is 0. The van der Waals surface area contributed by atoms with Crippen LogP contribution in [0.25, 0.3) is 0 Å². The summed E-state index contributed by atoms with van der Waals surface area (Å²) in [6.45, 7) is 0. The van der Waals surface area contributed by atoms with Crippen molar-refractivity contribution >= 4 is 18.4 Å². The van der Waals surface area contributed by atoms with Crippen LogP contribution < -0.4 is 5.73 Å². The molecule has 0 unspecified atom stereocenters. The van der Waals surface area contributed by atoms with Crippen LogP contribution in [-0.4, -0.2) is 13.1 Å². The first-order valence-electron chi connectivity index (χ1n) is 5.19. The van der Waals surface area contributed by atoms with Crippen LogP contribution in [0.5, 0.6) is 0 Å². The Balaban J connectivity index is 0.00000128. The van der Waals surface area contributed by atoms with Crippen LogP contribution >= 0.6 is 12.4 Å². The average molecular weight is 242 g/mol. The fourth-order valence-corrected chi connectivity index (χ4v) is 2.10. The highest BCUT2D eigenvalue weighted by Crippen LogP contribution is 2.28. The Kier molecular flexibility index (Phi) is 4.33. The number of hydrogen-bond acceptors (Lipinski definition) is 3. The van der Waals surface area contributed by atoms with Gasteiger partial charge in [0.15, 0.2) is 0 Å². The van der Waals surface area contributed by atoms with E-state index in [9.17, 15) is 4.79 Å². The minimum Gasteiger partial charge on any atom is -0.465 e. The third kappa shape index (κ3) is 2.36. The monoisotopic (exact) mass is 241 g/mol. The number of esters is 1. The minimum atomic E-state index is -0.281. The highest BCUT2D eigenvalue weighted by Gasteiger charge is 2.18. The largest absolute Gasteiger partial charge is 0.465 e. The van der Waals surface area contributed by atoms with Crippen LogP contribution in [0, 0.1) is 0 Å². The van der Waals surface area contributed by atoms with Gasteiger partial charge in [0, 0.05) is 6.04 Å². The molecule has 0 bridgehead atoms. The molecule has 0 heterocycles. The molecule has 0 saturated carbocycles. The first-order valence-corrected chi connectivity index (χ1v) is 5.19. The van der Waals surface area contributed by atoms with Gasteiger partial charge in [0.2, 0.25) is 0 Å². The van der Waals surface area contributed by atoms with E-state index in [0.717, 1.165) is 19.3 Å². The summed E-state index contributed by atoms with van der Waals surface area (Å²) < 4.78 is 4.68. The summed E-state index contributed by atoms with van der Waals surface area (Å²) in [6, 6.07) is 5.77. The summed E-state index contributed by atoms with van der Waals surface area (Å²) in [7, 11) is 1.40. The zero-order valence-corrected chi connectivity index (χ0v) is 10.0. The summed E-state index contributed by atoms with van der Waals surface area (Å²) in [5.41, 5.74) is 8.97. The van der Waals surface area contributed by atoms with E-state index in [1.165, 1.54) is 18.2 Å². The van der Waals surface area contributed by atoms with Crippen molar-refractivity contribution in [3.8, 4) is 0 Å². The van der Waals surface area contributed by atoms with Crippen molar-refractivity contribution in [2.75, 3.05) is 7.11 Å². The lowest BCUT2D eigenvalue weighted by molar-refractivity contribution is 0.0600. The molecular weight excluding hydrogens is 226 g/mol. The highest BCUT2D eigenvalue weighted by molar-refractivity contribution is 5.89. The SMILES string of the molecule is COC(=O)c1ccc2c(c1)CCC[C@@H]2N.Cl. The Labute approximate surface area is 101 Å². The molecule has 1 aliphatic rings. The van der Waals surface area contributed by atoms with E-state index >= 15 is 0 Å². The molecule has 0 amide bonds. The van der Waals surface area contributed by atoms with Crippen molar-refractivity contribution in [1.82, 2.24) is 0 Å². The van der Waals surface area contributed by atoms with Gasteiger partial charge in [0.05, 0.1) is 12.7 Å². The molecule has 0 spiro atoms. The van der Waals surface area contributed by atoms with Gasteiger partial charge in [0.25, 0.3) is 0 Å². The molecule has 1 aliphatic carbocycles. The molecule has 0 saturated heterocycles. The van der Waals surface area contributed by atoms with E-state index in [-0.39, 0.29) is 24.4 Å². The molecule has 16 heavy (non-hydrogen) atoms. The Bertz CT molecular complexity index is 393. The van der Waals surface area contributed by atoms with Crippen molar-refractivity contribution in [2.45, 2.75) is 25.3 Å². The van der Waals surface area contributed by atoms with Crippen LogP contribution in [0.15, 0.2) is 18.2 Å². The van der Waals surface area contributed by atoms with Crippen molar-refractivity contribution < 1.29 is 9.53 Å².